The second kappa shape index (κ2) is 6.58. The predicted molar refractivity (Wildman–Crippen MR) is 91.6 cm³/mol. The summed E-state index contributed by atoms with van der Waals surface area (Å²) in [5.74, 6) is 1.56. The van der Waals surface area contributed by atoms with Crippen molar-refractivity contribution in [1.82, 2.24) is 20.4 Å². The third-order valence-corrected chi connectivity index (χ3v) is 5.00. The minimum atomic E-state index is -0.0877. The normalized spacial score (nSPS) is 12.4. The molecule has 24 heavy (non-hydrogen) atoms. The molecule has 0 N–H and O–H groups in total. The Morgan fingerprint density at radius 3 is 2.54 bits per heavy atom. The Hall–Kier alpha value is -2.45. The highest BCUT2D eigenvalue weighted by atomic mass is 32.2. The summed E-state index contributed by atoms with van der Waals surface area (Å²) in [4.78, 5) is 0.954. The molecule has 6 nitrogen and oxygen atoms in total. The van der Waals surface area contributed by atoms with Crippen LogP contribution in [0.3, 0.4) is 0 Å². The standard InChI is InChI=1S/C16H12N4O2S2/c1-10(13-17-19-15(21-13)12-8-5-9-23-12)24-16-20-18-14(22-16)11-6-3-2-4-7-11/h2-10H,1H3/t10-/m1/s1. The molecule has 1 atom stereocenters. The maximum absolute atomic E-state index is 5.73. The molecule has 0 aliphatic rings. The van der Waals surface area contributed by atoms with Crippen LogP contribution in [-0.4, -0.2) is 20.4 Å². The molecule has 4 rings (SSSR count). The van der Waals surface area contributed by atoms with Gasteiger partial charge in [0.2, 0.25) is 11.8 Å². The number of hydrogen-bond donors (Lipinski definition) is 0. The van der Waals surface area contributed by atoms with Gasteiger partial charge in [-0.2, -0.15) is 0 Å². The summed E-state index contributed by atoms with van der Waals surface area (Å²) in [5, 5.41) is 18.7. The molecule has 8 heteroatoms. The van der Waals surface area contributed by atoms with Crippen molar-refractivity contribution in [2.75, 3.05) is 0 Å². The first kappa shape index (κ1) is 15.1. The van der Waals surface area contributed by atoms with E-state index in [0.717, 1.165) is 10.4 Å². The van der Waals surface area contributed by atoms with E-state index in [9.17, 15) is 0 Å². The van der Waals surface area contributed by atoms with Crippen molar-refractivity contribution in [2.45, 2.75) is 17.4 Å². The molecular weight excluding hydrogens is 344 g/mol. The Kier molecular flexibility index (Phi) is 4.14. The van der Waals surface area contributed by atoms with Gasteiger partial charge in [0.15, 0.2) is 0 Å². The highest BCUT2D eigenvalue weighted by molar-refractivity contribution is 7.99. The lowest BCUT2D eigenvalue weighted by Crippen LogP contribution is -1.88. The zero-order valence-corrected chi connectivity index (χ0v) is 14.3. The van der Waals surface area contributed by atoms with Gasteiger partial charge < -0.3 is 8.83 Å². The van der Waals surface area contributed by atoms with E-state index >= 15 is 0 Å². The fraction of sp³-hybridized carbons (Fsp3) is 0.125. The van der Waals surface area contributed by atoms with E-state index in [-0.39, 0.29) is 5.25 Å². The van der Waals surface area contributed by atoms with Gasteiger partial charge in [-0.3, -0.25) is 0 Å². The third kappa shape index (κ3) is 3.10. The molecule has 0 amide bonds. The molecule has 0 saturated heterocycles. The number of rotatable bonds is 5. The second-order valence-corrected chi connectivity index (χ2v) is 7.16. The summed E-state index contributed by atoms with van der Waals surface area (Å²) >= 11 is 2.95. The summed E-state index contributed by atoms with van der Waals surface area (Å²) in [7, 11) is 0. The van der Waals surface area contributed by atoms with E-state index in [1.807, 2.05) is 54.8 Å². The number of benzene rings is 1. The molecule has 3 heterocycles. The quantitative estimate of drug-likeness (QED) is 0.479. The van der Waals surface area contributed by atoms with Crippen LogP contribution in [0, 0.1) is 0 Å². The van der Waals surface area contributed by atoms with E-state index < -0.39 is 0 Å². The molecule has 0 bridgehead atoms. The average molecular weight is 356 g/mol. The monoisotopic (exact) mass is 356 g/mol. The largest absolute Gasteiger partial charge is 0.419 e. The predicted octanol–water partition coefficient (Wildman–Crippen LogP) is 4.70. The summed E-state index contributed by atoms with van der Waals surface area (Å²) in [6.45, 7) is 1.96. The van der Waals surface area contributed by atoms with Gasteiger partial charge in [0.05, 0.1) is 10.1 Å². The summed E-state index contributed by atoms with van der Waals surface area (Å²) in [6.07, 6.45) is 0. The van der Waals surface area contributed by atoms with Crippen molar-refractivity contribution < 1.29 is 8.83 Å². The molecule has 1 aromatic carbocycles. The fourth-order valence-electron chi connectivity index (χ4n) is 2.06. The molecule has 0 spiro atoms. The Morgan fingerprint density at radius 1 is 0.917 bits per heavy atom. The van der Waals surface area contributed by atoms with E-state index in [2.05, 4.69) is 20.4 Å². The van der Waals surface area contributed by atoms with Crippen LogP contribution in [0.1, 0.15) is 18.1 Å². The van der Waals surface area contributed by atoms with Gasteiger partial charge in [-0.15, -0.1) is 31.7 Å². The Balaban J connectivity index is 1.49. The lowest BCUT2D eigenvalue weighted by molar-refractivity contribution is 0.461. The molecule has 0 saturated carbocycles. The molecule has 0 radical (unpaired) electrons. The average Bonchev–Trinajstić information content (AvgIpc) is 3.36. The third-order valence-electron chi connectivity index (χ3n) is 3.23. The van der Waals surface area contributed by atoms with E-state index in [4.69, 9.17) is 8.83 Å². The van der Waals surface area contributed by atoms with Crippen LogP contribution in [0.2, 0.25) is 0 Å². The molecule has 0 aliphatic carbocycles. The van der Waals surface area contributed by atoms with Gasteiger partial charge in [-0.05, 0) is 30.5 Å². The van der Waals surface area contributed by atoms with Crippen LogP contribution in [0.4, 0.5) is 0 Å². The summed E-state index contributed by atoms with van der Waals surface area (Å²) in [6, 6.07) is 13.6. The lowest BCUT2D eigenvalue weighted by Gasteiger charge is -2.01. The Bertz CT molecular complexity index is 919. The van der Waals surface area contributed by atoms with Gasteiger partial charge in [0, 0.05) is 5.56 Å². The number of thiophene rings is 1. The summed E-state index contributed by atoms with van der Waals surface area (Å²) < 4.78 is 11.4. The number of nitrogens with zero attached hydrogens (tertiary/aromatic N) is 4. The van der Waals surface area contributed by atoms with Crippen LogP contribution >= 0.6 is 23.1 Å². The van der Waals surface area contributed by atoms with Crippen LogP contribution in [0.15, 0.2) is 61.9 Å². The molecular formula is C16H12N4O2S2. The zero-order valence-electron chi connectivity index (χ0n) is 12.6. The summed E-state index contributed by atoms with van der Waals surface area (Å²) in [5.41, 5.74) is 0.891. The van der Waals surface area contributed by atoms with Crippen molar-refractivity contribution in [3.05, 3.63) is 53.7 Å². The van der Waals surface area contributed by atoms with Crippen LogP contribution < -0.4 is 0 Å². The number of hydrogen-bond acceptors (Lipinski definition) is 8. The first-order valence-corrected chi connectivity index (χ1v) is 8.98. The van der Waals surface area contributed by atoms with Crippen molar-refractivity contribution >= 4 is 23.1 Å². The minimum Gasteiger partial charge on any atom is -0.419 e. The molecule has 3 aromatic heterocycles. The van der Waals surface area contributed by atoms with Gasteiger partial charge >= 0.3 is 0 Å². The van der Waals surface area contributed by atoms with Crippen molar-refractivity contribution in [2.24, 2.45) is 0 Å². The molecule has 120 valence electrons. The van der Waals surface area contributed by atoms with Gasteiger partial charge in [0.25, 0.3) is 11.1 Å². The Labute approximate surface area is 146 Å². The van der Waals surface area contributed by atoms with Gasteiger partial charge in [-0.25, -0.2) is 0 Å². The maximum Gasteiger partial charge on any atom is 0.277 e. The molecule has 0 aliphatic heterocycles. The smallest absolute Gasteiger partial charge is 0.277 e. The fourth-order valence-corrected chi connectivity index (χ4v) is 3.41. The first-order valence-electron chi connectivity index (χ1n) is 7.22. The van der Waals surface area contributed by atoms with E-state index in [1.165, 1.54) is 11.8 Å². The van der Waals surface area contributed by atoms with Gasteiger partial charge in [0.1, 0.15) is 0 Å². The SMILES string of the molecule is C[C@@H](Sc1nnc(-c2ccccc2)o1)c1nnc(-c2cccs2)o1. The lowest BCUT2D eigenvalue weighted by atomic mass is 10.2. The number of thioether (sulfide) groups is 1. The minimum absolute atomic E-state index is 0.0877. The second-order valence-electron chi connectivity index (χ2n) is 4.92. The maximum atomic E-state index is 5.73. The van der Waals surface area contributed by atoms with Crippen LogP contribution in [0.25, 0.3) is 22.2 Å². The highest BCUT2D eigenvalue weighted by Gasteiger charge is 2.20. The molecule has 0 fully saturated rings. The number of aromatic nitrogens is 4. The van der Waals surface area contributed by atoms with E-state index in [0.29, 0.717) is 22.9 Å². The molecule has 0 unspecified atom stereocenters. The van der Waals surface area contributed by atoms with Crippen LogP contribution in [-0.2, 0) is 0 Å². The van der Waals surface area contributed by atoms with Crippen molar-refractivity contribution in [3.63, 3.8) is 0 Å². The van der Waals surface area contributed by atoms with E-state index in [1.54, 1.807) is 11.3 Å². The topological polar surface area (TPSA) is 77.8 Å². The van der Waals surface area contributed by atoms with Gasteiger partial charge in [-0.1, -0.05) is 36.0 Å². The van der Waals surface area contributed by atoms with Crippen molar-refractivity contribution in [1.29, 1.82) is 0 Å². The highest BCUT2D eigenvalue weighted by Crippen LogP contribution is 2.35. The van der Waals surface area contributed by atoms with Crippen molar-refractivity contribution in [3.8, 4) is 22.2 Å². The Morgan fingerprint density at radius 2 is 1.75 bits per heavy atom. The molecule has 4 aromatic rings. The van der Waals surface area contributed by atoms with Crippen LogP contribution in [0.5, 0.6) is 0 Å². The zero-order chi connectivity index (χ0) is 16.4. The first-order chi connectivity index (χ1) is 11.8.